The minimum Gasteiger partial charge on any atom is -0.391 e. The summed E-state index contributed by atoms with van der Waals surface area (Å²) in [5.74, 6) is -0.154. The van der Waals surface area contributed by atoms with Crippen LogP contribution < -0.4 is 11.1 Å². The Hall–Kier alpha value is -0.500. The second-order valence-corrected chi connectivity index (χ2v) is 19.2. The number of aliphatic hydroxyl groups excluding tert-OH is 1. The molecule has 0 radical (unpaired) electrons. The zero-order valence-electron chi connectivity index (χ0n) is 38.8. The molecule has 9 heteroatoms. The van der Waals surface area contributed by atoms with Crippen LogP contribution in [-0.2, 0) is 18.4 Å². The molecule has 0 heterocycles. The second-order valence-electron chi connectivity index (χ2n) is 17.7. The summed E-state index contributed by atoms with van der Waals surface area (Å²) >= 11 is 0. The molecule has 0 saturated carbocycles. The SMILES string of the molecule is CCCCCCCCCCCCCCCCCCCCCCCCCCCC(=O)N[C@@H](COP(=O)(O)OCCN)[C@H](O)CCCCCCCCCCCCCCCC. The molecule has 0 aromatic carbocycles. The van der Waals surface area contributed by atoms with Crippen molar-refractivity contribution < 1.29 is 28.4 Å². The van der Waals surface area contributed by atoms with Crippen LogP contribution in [0.25, 0.3) is 0 Å². The molecule has 8 nitrogen and oxygen atoms in total. The number of aliphatic hydroxyl groups is 1. The maximum atomic E-state index is 12.8. The third kappa shape index (κ3) is 43.6. The van der Waals surface area contributed by atoms with Gasteiger partial charge in [0.05, 0.1) is 25.4 Å². The third-order valence-electron chi connectivity index (χ3n) is 12.0. The number of carbonyl (C=O) groups excluding carboxylic acids is 1. The van der Waals surface area contributed by atoms with E-state index in [0.29, 0.717) is 12.8 Å². The van der Waals surface area contributed by atoms with E-state index in [9.17, 15) is 19.4 Å². The fourth-order valence-corrected chi connectivity index (χ4v) is 8.84. The Morgan fingerprint density at radius 2 is 0.793 bits per heavy atom. The summed E-state index contributed by atoms with van der Waals surface area (Å²) < 4.78 is 22.2. The van der Waals surface area contributed by atoms with Gasteiger partial charge in [0.15, 0.2) is 0 Å². The number of amides is 1. The van der Waals surface area contributed by atoms with Crippen LogP contribution in [0.4, 0.5) is 0 Å². The molecule has 0 aliphatic rings. The highest BCUT2D eigenvalue weighted by atomic mass is 31.2. The molecule has 0 rings (SSSR count). The van der Waals surface area contributed by atoms with Crippen molar-refractivity contribution in [3.05, 3.63) is 0 Å². The lowest BCUT2D eigenvalue weighted by molar-refractivity contribution is -0.123. The van der Waals surface area contributed by atoms with E-state index in [-0.39, 0.29) is 25.7 Å². The molecule has 3 atom stereocenters. The Morgan fingerprint density at radius 3 is 1.10 bits per heavy atom. The van der Waals surface area contributed by atoms with Crippen LogP contribution in [0.5, 0.6) is 0 Å². The lowest BCUT2D eigenvalue weighted by Crippen LogP contribution is -2.46. The predicted molar refractivity (Wildman–Crippen MR) is 249 cm³/mol. The largest absolute Gasteiger partial charge is 0.472 e. The smallest absolute Gasteiger partial charge is 0.391 e. The fraction of sp³-hybridized carbons (Fsp3) is 0.980. The number of phosphoric acid groups is 1. The highest BCUT2D eigenvalue weighted by Gasteiger charge is 2.27. The Balaban J connectivity index is 3.93. The number of hydrogen-bond acceptors (Lipinski definition) is 6. The van der Waals surface area contributed by atoms with Gasteiger partial charge in [-0.15, -0.1) is 0 Å². The van der Waals surface area contributed by atoms with E-state index in [1.807, 2.05) is 0 Å². The summed E-state index contributed by atoms with van der Waals surface area (Å²) in [4.78, 5) is 22.8. The van der Waals surface area contributed by atoms with Gasteiger partial charge in [-0.05, 0) is 12.8 Å². The molecule has 1 amide bonds. The van der Waals surface area contributed by atoms with Crippen LogP contribution >= 0.6 is 7.82 Å². The first-order valence-corrected chi connectivity index (χ1v) is 27.1. The topological polar surface area (TPSA) is 131 Å². The van der Waals surface area contributed by atoms with Crippen molar-refractivity contribution in [3.63, 3.8) is 0 Å². The monoisotopic (exact) mass is 845 g/mol. The van der Waals surface area contributed by atoms with Crippen molar-refractivity contribution >= 4 is 13.7 Å². The zero-order chi connectivity index (χ0) is 42.5. The first-order chi connectivity index (χ1) is 28.4. The minimum atomic E-state index is -4.31. The number of hydrogen-bond donors (Lipinski definition) is 4. The van der Waals surface area contributed by atoms with Crippen LogP contribution in [0, 0.1) is 0 Å². The first-order valence-electron chi connectivity index (χ1n) is 25.7. The summed E-state index contributed by atoms with van der Waals surface area (Å²) in [6.45, 7) is 4.25. The maximum Gasteiger partial charge on any atom is 0.472 e. The Kier molecular flexibility index (Phi) is 45.6. The molecule has 0 fully saturated rings. The minimum absolute atomic E-state index is 0.0927. The molecule has 0 bridgehead atoms. The van der Waals surface area contributed by atoms with Gasteiger partial charge in [0.2, 0.25) is 5.91 Å². The Morgan fingerprint density at radius 1 is 0.500 bits per heavy atom. The van der Waals surface area contributed by atoms with Gasteiger partial charge in [-0.3, -0.25) is 13.8 Å². The number of carbonyl (C=O) groups is 1. The lowest BCUT2D eigenvalue weighted by atomic mass is 10.0. The Bertz CT molecular complexity index is 880. The summed E-state index contributed by atoms with van der Waals surface area (Å²) in [5.41, 5.74) is 5.39. The van der Waals surface area contributed by atoms with Crippen molar-refractivity contribution in [2.75, 3.05) is 19.8 Å². The molecule has 0 aromatic heterocycles. The van der Waals surface area contributed by atoms with Crippen LogP contribution in [0.3, 0.4) is 0 Å². The number of unbranched alkanes of at least 4 members (excludes halogenated alkanes) is 37. The molecule has 0 aliphatic heterocycles. The summed E-state index contributed by atoms with van der Waals surface area (Å²) in [7, 11) is -4.31. The molecule has 0 aliphatic carbocycles. The van der Waals surface area contributed by atoms with E-state index in [1.165, 1.54) is 212 Å². The molecule has 0 saturated heterocycles. The molecule has 0 aromatic rings. The van der Waals surface area contributed by atoms with E-state index in [2.05, 4.69) is 19.2 Å². The molecule has 348 valence electrons. The van der Waals surface area contributed by atoms with E-state index >= 15 is 0 Å². The van der Waals surface area contributed by atoms with Crippen molar-refractivity contribution in [2.45, 2.75) is 289 Å². The molecular weight excluding hydrogens is 744 g/mol. The van der Waals surface area contributed by atoms with Crippen molar-refractivity contribution in [1.82, 2.24) is 5.32 Å². The normalized spacial score (nSPS) is 13.8. The average molecular weight is 845 g/mol. The fourth-order valence-electron chi connectivity index (χ4n) is 8.08. The number of phosphoric ester groups is 1. The third-order valence-corrected chi connectivity index (χ3v) is 12.9. The quantitative estimate of drug-likeness (QED) is 0.0354. The van der Waals surface area contributed by atoms with Crippen molar-refractivity contribution in [3.8, 4) is 0 Å². The molecule has 1 unspecified atom stereocenters. The van der Waals surface area contributed by atoms with E-state index < -0.39 is 20.0 Å². The standard InChI is InChI=1S/C49H101N2O6P/c1-3-5-7-9-11-13-15-17-19-20-21-22-23-24-25-26-27-28-29-31-33-35-37-39-41-43-49(53)51-47(46-57-58(54,55)56-45-44-50)48(52)42-40-38-36-34-32-30-18-16-14-12-10-8-6-4-2/h47-48,52H,3-46,50H2,1-2H3,(H,51,53)(H,54,55)/t47-,48+/m0/s1. The van der Waals surface area contributed by atoms with Crippen molar-refractivity contribution in [2.24, 2.45) is 5.73 Å². The molecule has 5 N–H and O–H groups in total. The van der Waals surface area contributed by atoms with Crippen LogP contribution in [0.15, 0.2) is 0 Å². The van der Waals surface area contributed by atoms with Crippen molar-refractivity contribution in [1.29, 1.82) is 0 Å². The van der Waals surface area contributed by atoms with Gasteiger partial charge in [0.25, 0.3) is 0 Å². The molecule has 58 heavy (non-hydrogen) atoms. The Labute approximate surface area is 361 Å². The number of nitrogens with one attached hydrogen (secondary N) is 1. The van der Waals surface area contributed by atoms with Gasteiger partial charge in [-0.25, -0.2) is 4.57 Å². The first kappa shape index (κ1) is 57.5. The molecular formula is C49H101N2O6P. The van der Waals surface area contributed by atoms with Crippen LogP contribution in [0.1, 0.15) is 277 Å². The average Bonchev–Trinajstić information content (AvgIpc) is 3.21. The highest BCUT2D eigenvalue weighted by Crippen LogP contribution is 2.43. The van der Waals surface area contributed by atoms with Gasteiger partial charge in [-0.1, -0.05) is 258 Å². The number of rotatable bonds is 49. The maximum absolute atomic E-state index is 12.8. The van der Waals surface area contributed by atoms with Gasteiger partial charge < -0.3 is 21.1 Å². The number of nitrogens with two attached hydrogens (primary N) is 1. The van der Waals surface area contributed by atoms with Gasteiger partial charge in [0.1, 0.15) is 0 Å². The van der Waals surface area contributed by atoms with Gasteiger partial charge in [0, 0.05) is 13.0 Å². The lowest BCUT2D eigenvalue weighted by Gasteiger charge is -2.25. The highest BCUT2D eigenvalue weighted by molar-refractivity contribution is 7.47. The molecule has 0 spiro atoms. The summed E-state index contributed by atoms with van der Waals surface area (Å²) in [6.07, 6.45) is 51.3. The van der Waals surface area contributed by atoms with Crippen LogP contribution in [-0.4, -0.2) is 47.8 Å². The van der Waals surface area contributed by atoms with E-state index in [4.69, 9.17) is 14.8 Å². The van der Waals surface area contributed by atoms with Gasteiger partial charge >= 0.3 is 7.82 Å². The second kappa shape index (κ2) is 46.0. The van der Waals surface area contributed by atoms with Crippen LogP contribution in [0.2, 0.25) is 0 Å². The van der Waals surface area contributed by atoms with Gasteiger partial charge in [-0.2, -0.15) is 0 Å². The summed E-state index contributed by atoms with van der Waals surface area (Å²) in [6, 6.07) is -0.768. The van der Waals surface area contributed by atoms with E-state index in [1.54, 1.807) is 0 Å². The zero-order valence-corrected chi connectivity index (χ0v) is 39.7. The van der Waals surface area contributed by atoms with E-state index in [0.717, 1.165) is 38.5 Å². The summed E-state index contributed by atoms with van der Waals surface area (Å²) in [5, 5.41) is 13.8. The predicted octanol–water partition coefficient (Wildman–Crippen LogP) is 15.0.